The summed E-state index contributed by atoms with van der Waals surface area (Å²) in [6.45, 7) is 0. The number of nitrogens with zero attached hydrogens (tertiary/aromatic N) is 2. The van der Waals surface area contributed by atoms with Crippen molar-refractivity contribution in [2.75, 3.05) is 0 Å². The van der Waals surface area contributed by atoms with Gasteiger partial charge in [0.05, 0.1) is 17.1 Å². The van der Waals surface area contributed by atoms with Crippen LogP contribution in [-0.4, -0.2) is 32.2 Å². The number of halogens is 1. The number of carboxylic acid groups (broad SMARTS) is 1. The molecule has 1 aliphatic rings. The minimum Gasteiger partial charge on any atom is -0.465 e. The summed E-state index contributed by atoms with van der Waals surface area (Å²) in [6.07, 6.45) is 7.11. The van der Waals surface area contributed by atoms with E-state index in [0.29, 0.717) is 0 Å². The lowest BCUT2D eigenvalue weighted by Gasteiger charge is -2.21. The van der Waals surface area contributed by atoms with E-state index < -0.39 is 6.09 Å². The van der Waals surface area contributed by atoms with Crippen molar-refractivity contribution in [1.29, 1.82) is 0 Å². The molecule has 20 heavy (non-hydrogen) atoms. The van der Waals surface area contributed by atoms with Crippen LogP contribution < -0.4 is 5.32 Å². The van der Waals surface area contributed by atoms with Gasteiger partial charge in [-0.25, -0.2) is 14.8 Å². The first kappa shape index (κ1) is 13.3. The van der Waals surface area contributed by atoms with Gasteiger partial charge in [-0.2, -0.15) is 0 Å². The van der Waals surface area contributed by atoms with E-state index in [4.69, 9.17) is 5.11 Å². The molecule has 1 amide bonds. The molecule has 0 aliphatic heterocycles. The molecule has 0 radical (unpaired) electrons. The molecule has 2 aromatic heterocycles. The van der Waals surface area contributed by atoms with Gasteiger partial charge >= 0.3 is 6.09 Å². The van der Waals surface area contributed by atoms with Crippen LogP contribution in [0.2, 0.25) is 0 Å². The van der Waals surface area contributed by atoms with Crippen LogP contribution in [0.3, 0.4) is 0 Å². The first-order valence-corrected chi connectivity index (χ1v) is 7.41. The maximum Gasteiger partial charge on any atom is 0.405 e. The minimum absolute atomic E-state index is 0.141. The zero-order valence-corrected chi connectivity index (χ0v) is 12.7. The van der Waals surface area contributed by atoms with Crippen LogP contribution >= 0.6 is 22.6 Å². The zero-order valence-electron chi connectivity index (χ0n) is 10.6. The zero-order chi connectivity index (χ0) is 14.1. The number of nitrogens with one attached hydrogen (secondary N) is 2. The predicted octanol–water partition coefficient (Wildman–Crippen LogP) is 2.77. The van der Waals surface area contributed by atoms with Crippen LogP contribution in [0, 0.1) is 3.57 Å². The Morgan fingerprint density at radius 3 is 3.15 bits per heavy atom. The van der Waals surface area contributed by atoms with Crippen LogP contribution in [0.5, 0.6) is 0 Å². The standard InChI is InChI=1S/C13H13IN4O2/c14-9-5-15-12-10(9)11(16-6-17-12)7-2-1-3-8(4-7)18-13(19)20/h4-6,8,18H,1-3H2,(H,19,20)(H,15,16,17). The fourth-order valence-corrected chi connectivity index (χ4v) is 3.23. The molecule has 0 fully saturated rings. The Kier molecular flexibility index (Phi) is 3.60. The normalized spacial score (nSPS) is 18.9. The van der Waals surface area contributed by atoms with E-state index in [1.165, 1.54) is 0 Å². The van der Waals surface area contributed by atoms with E-state index in [1.54, 1.807) is 6.33 Å². The lowest BCUT2D eigenvalue weighted by molar-refractivity contribution is 0.191. The predicted molar refractivity (Wildman–Crippen MR) is 83.4 cm³/mol. The average Bonchev–Trinajstić information content (AvgIpc) is 2.80. The van der Waals surface area contributed by atoms with Crippen LogP contribution in [0.15, 0.2) is 18.6 Å². The Hall–Kier alpha value is -1.64. The van der Waals surface area contributed by atoms with E-state index >= 15 is 0 Å². The summed E-state index contributed by atoms with van der Waals surface area (Å²) in [7, 11) is 0. The van der Waals surface area contributed by atoms with Gasteiger partial charge in [-0.1, -0.05) is 6.08 Å². The summed E-state index contributed by atoms with van der Waals surface area (Å²) in [5.74, 6) is 0. The van der Waals surface area contributed by atoms with Crippen molar-refractivity contribution >= 4 is 45.3 Å². The van der Waals surface area contributed by atoms with Crippen LogP contribution in [0.1, 0.15) is 25.0 Å². The van der Waals surface area contributed by atoms with Gasteiger partial charge in [-0.15, -0.1) is 0 Å². The number of aromatic nitrogens is 3. The maximum absolute atomic E-state index is 10.8. The number of allylic oxidation sites excluding steroid dienone is 1. The van der Waals surface area contributed by atoms with Crippen molar-refractivity contribution < 1.29 is 9.90 Å². The van der Waals surface area contributed by atoms with Gasteiger partial charge in [0.2, 0.25) is 0 Å². The van der Waals surface area contributed by atoms with E-state index in [2.05, 4.69) is 42.9 Å². The molecule has 3 rings (SSSR count). The highest BCUT2D eigenvalue weighted by atomic mass is 127. The third kappa shape index (κ3) is 2.49. The van der Waals surface area contributed by atoms with Crippen molar-refractivity contribution in [3.05, 3.63) is 27.9 Å². The molecular formula is C13H13IN4O2. The van der Waals surface area contributed by atoms with Crippen molar-refractivity contribution in [3.8, 4) is 0 Å². The average molecular weight is 384 g/mol. The summed E-state index contributed by atoms with van der Waals surface area (Å²) in [5.41, 5.74) is 2.80. The largest absolute Gasteiger partial charge is 0.465 e. The lowest BCUT2D eigenvalue weighted by Crippen LogP contribution is -2.33. The summed E-state index contributed by atoms with van der Waals surface area (Å²) >= 11 is 2.25. The quantitative estimate of drug-likeness (QED) is 0.695. The number of amides is 1. The molecule has 0 saturated carbocycles. The maximum atomic E-state index is 10.8. The molecule has 1 atom stereocenters. The van der Waals surface area contributed by atoms with Crippen molar-refractivity contribution in [1.82, 2.24) is 20.3 Å². The van der Waals surface area contributed by atoms with Gasteiger partial charge in [-0.3, -0.25) is 0 Å². The number of rotatable bonds is 2. The fourth-order valence-electron chi connectivity index (χ4n) is 2.56. The number of hydrogen-bond acceptors (Lipinski definition) is 3. The van der Waals surface area contributed by atoms with Crippen LogP contribution in [0.4, 0.5) is 4.79 Å². The number of H-pyrrole nitrogens is 1. The van der Waals surface area contributed by atoms with E-state index in [1.807, 2.05) is 12.3 Å². The van der Waals surface area contributed by atoms with E-state index in [-0.39, 0.29) is 6.04 Å². The molecule has 104 valence electrons. The highest BCUT2D eigenvalue weighted by Crippen LogP contribution is 2.31. The number of fused-ring (bicyclic) bond motifs is 1. The van der Waals surface area contributed by atoms with Gasteiger partial charge in [0.15, 0.2) is 0 Å². The van der Waals surface area contributed by atoms with E-state index in [0.717, 1.165) is 45.1 Å². The molecule has 3 N–H and O–H groups in total. The molecule has 0 spiro atoms. The van der Waals surface area contributed by atoms with E-state index in [9.17, 15) is 4.79 Å². The fraction of sp³-hybridized carbons (Fsp3) is 0.308. The summed E-state index contributed by atoms with van der Waals surface area (Å²) < 4.78 is 1.07. The van der Waals surface area contributed by atoms with Crippen LogP contribution in [0.25, 0.3) is 16.6 Å². The Balaban J connectivity index is 2.03. The molecule has 1 unspecified atom stereocenters. The number of hydrogen-bond donors (Lipinski definition) is 3. The lowest BCUT2D eigenvalue weighted by atomic mass is 9.92. The van der Waals surface area contributed by atoms with Gasteiger partial charge < -0.3 is 15.4 Å². The topological polar surface area (TPSA) is 90.9 Å². The molecule has 6 nitrogen and oxygen atoms in total. The highest BCUT2D eigenvalue weighted by molar-refractivity contribution is 14.1. The Morgan fingerprint density at radius 2 is 2.35 bits per heavy atom. The van der Waals surface area contributed by atoms with Gasteiger partial charge in [0, 0.05) is 9.77 Å². The van der Waals surface area contributed by atoms with Gasteiger partial charge in [-0.05, 0) is 47.4 Å². The van der Waals surface area contributed by atoms with Crippen molar-refractivity contribution in [2.24, 2.45) is 0 Å². The first-order valence-electron chi connectivity index (χ1n) is 6.33. The Labute approximate surface area is 128 Å². The molecule has 0 aromatic carbocycles. The second kappa shape index (κ2) is 5.39. The van der Waals surface area contributed by atoms with Crippen LogP contribution in [-0.2, 0) is 0 Å². The van der Waals surface area contributed by atoms with Crippen molar-refractivity contribution in [3.63, 3.8) is 0 Å². The third-order valence-corrected chi connectivity index (χ3v) is 4.25. The molecule has 1 aliphatic carbocycles. The molecular weight excluding hydrogens is 371 g/mol. The molecule has 2 aromatic rings. The summed E-state index contributed by atoms with van der Waals surface area (Å²) in [6, 6.07) is -0.141. The third-order valence-electron chi connectivity index (χ3n) is 3.40. The second-order valence-electron chi connectivity index (χ2n) is 4.72. The molecule has 0 bridgehead atoms. The highest BCUT2D eigenvalue weighted by Gasteiger charge is 2.19. The summed E-state index contributed by atoms with van der Waals surface area (Å²) in [5, 5.41) is 12.4. The Bertz CT molecular complexity index is 695. The molecule has 7 heteroatoms. The summed E-state index contributed by atoms with van der Waals surface area (Å²) in [4.78, 5) is 22.5. The SMILES string of the molecule is O=C(O)NC1C=C(c2ncnc3[nH]cc(I)c23)CCC1. The monoisotopic (exact) mass is 384 g/mol. The minimum atomic E-state index is -0.989. The molecule has 0 saturated heterocycles. The van der Waals surface area contributed by atoms with Gasteiger partial charge in [0.1, 0.15) is 12.0 Å². The van der Waals surface area contributed by atoms with Crippen molar-refractivity contribution in [2.45, 2.75) is 25.3 Å². The smallest absolute Gasteiger partial charge is 0.405 e. The molecule has 2 heterocycles. The number of aromatic amines is 1. The Morgan fingerprint density at radius 1 is 1.50 bits per heavy atom. The number of carbonyl (C=O) groups is 1. The van der Waals surface area contributed by atoms with Gasteiger partial charge in [0.25, 0.3) is 0 Å². The second-order valence-corrected chi connectivity index (χ2v) is 5.88. The first-order chi connectivity index (χ1) is 9.65.